The smallest absolute Gasteiger partial charge is 0.194 e. The summed E-state index contributed by atoms with van der Waals surface area (Å²) in [5.41, 5.74) is 2.82. The fourth-order valence-electron chi connectivity index (χ4n) is 2.93. The molecular formula is C21H14O2. The largest absolute Gasteiger partial charge is 0.507 e. The maximum Gasteiger partial charge on any atom is 0.194 e. The molecule has 0 aliphatic heterocycles. The molecule has 1 N–H and O–H groups in total. The molecule has 2 aromatic carbocycles. The summed E-state index contributed by atoms with van der Waals surface area (Å²) in [6.45, 7) is 0. The van der Waals surface area contributed by atoms with Gasteiger partial charge in [0.1, 0.15) is 5.76 Å². The Labute approximate surface area is 133 Å². The molecule has 0 bridgehead atoms. The molecule has 0 fully saturated rings. The van der Waals surface area contributed by atoms with Gasteiger partial charge in [-0.05, 0) is 22.9 Å². The van der Waals surface area contributed by atoms with E-state index in [1.165, 1.54) is 0 Å². The summed E-state index contributed by atoms with van der Waals surface area (Å²) in [6, 6.07) is 12.7. The highest BCUT2D eigenvalue weighted by molar-refractivity contribution is 6.13. The van der Waals surface area contributed by atoms with E-state index in [-0.39, 0.29) is 11.5 Å². The topological polar surface area (TPSA) is 37.3 Å². The molecule has 4 rings (SSSR count). The Morgan fingerprint density at radius 2 is 1.57 bits per heavy atom. The van der Waals surface area contributed by atoms with Crippen LogP contribution in [0.25, 0.3) is 11.8 Å². The Hall–Kier alpha value is -3.13. The summed E-state index contributed by atoms with van der Waals surface area (Å²) < 4.78 is 0. The number of benzene rings is 2. The molecule has 2 aliphatic rings. The Balaban J connectivity index is 1.90. The number of aliphatic hydroxyl groups excluding tert-OH is 1. The lowest BCUT2D eigenvalue weighted by atomic mass is 9.89. The van der Waals surface area contributed by atoms with Crippen LogP contribution in [0.3, 0.4) is 0 Å². The molecule has 2 aliphatic carbocycles. The zero-order valence-electron chi connectivity index (χ0n) is 12.4. The van der Waals surface area contributed by atoms with Crippen LogP contribution in [0.2, 0.25) is 0 Å². The number of allylic oxidation sites excluding steroid dienone is 6. The monoisotopic (exact) mass is 298 g/mol. The van der Waals surface area contributed by atoms with Crippen LogP contribution in [0.15, 0.2) is 78.4 Å². The Morgan fingerprint density at radius 1 is 0.826 bits per heavy atom. The van der Waals surface area contributed by atoms with E-state index in [9.17, 15) is 9.90 Å². The second kappa shape index (κ2) is 5.25. The van der Waals surface area contributed by atoms with Crippen LogP contribution in [-0.4, -0.2) is 10.9 Å². The van der Waals surface area contributed by atoms with Crippen molar-refractivity contribution in [2.24, 2.45) is 0 Å². The first-order valence-electron chi connectivity index (χ1n) is 7.48. The Morgan fingerprint density at radius 3 is 2.35 bits per heavy atom. The van der Waals surface area contributed by atoms with Gasteiger partial charge in [-0.15, -0.1) is 0 Å². The lowest BCUT2D eigenvalue weighted by Gasteiger charge is -2.15. The number of aliphatic hydroxyl groups is 1. The van der Waals surface area contributed by atoms with E-state index < -0.39 is 0 Å². The summed E-state index contributed by atoms with van der Waals surface area (Å²) in [5.74, 6) is 0.124. The maximum atomic E-state index is 12.7. The zero-order chi connectivity index (χ0) is 15.8. The van der Waals surface area contributed by atoms with E-state index in [0.29, 0.717) is 21.9 Å². The number of fused-ring (bicyclic) bond motifs is 2. The number of carbonyl (C=O) groups is 1. The van der Waals surface area contributed by atoms with Gasteiger partial charge in [-0.1, -0.05) is 66.8 Å². The van der Waals surface area contributed by atoms with Crippen LogP contribution < -0.4 is 10.4 Å². The van der Waals surface area contributed by atoms with Crippen molar-refractivity contribution in [2.45, 2.75) is 0 Å². The van der Waals surface area contributed by atoms with E-state index in [4.69, 9.17) is 0 Å². The molecule has 110 valence electrons. The van der Waals surface area contributed by atoms with Crippen LogP contribution in [0.5, 0.6) is 0 Å². The van der Waals surface area contributed by atoms with Crippen molar-refractivity contribution >= 4 is 17.6 Å². The highest BCUT2D eigenvalue weighted by atomic mass is 16.3. The summed E-state index contributed by atoms with van der Waals surface area (Å²) in [5, 5.41) is 12.0. The van der Waals surface area contributed by atoms with Gasteiger partial charge in [0.2, 0.25) is 0 Å². The predicted octanol–water partition coefficient (Wildman–Crippen LogP) is 2.78. The molecule has 0 spiro atoms. The van der Waals surface area contributed by atoms with E-state index in [1.807, 2.05) is 66.8 Å². The summed E-state index contributed by atoms with van der Waals surface area (Å²) in [4.78, 5) is 12.7. The van der Waals surface area contributed by atoms with Gasteiger partial charge >= 0.3 is 0 Å². The second-order valence-electron chi connectivity index (χ2n) is 5.58. The number of hydrogen-bond acceptors (Lipinski definition) is 2. The van der Waals surface area contributed by atoms with Gasteiger partial charge in [0.15, 0.2) is 5.78 Å². The molecule has 0 atom stereocenters. The number of carbonyl (C=O) groups excluding carboxylic acids is 1. The SMILES string of the molecule is O=C1c2ccccc2C(O)=c2ccc(=CC=C3C=CC=C3)cc21. The van der Waals surface area contributed by atoms with Crippen molar-refractivity contribution in [3.05, 3.63) is 106 Å². The summed E-state index contributed by atoms with van der Waals surface area (Å²) in [7, 11) is 0. The van der Waals surface area contributed by atoms with E-state index in [1.54, 1.807) is 12.1 Å². The first-order chi connectivity index (χ1) is 11.2. The van der Waals surface area contributed by atoms with Crippen molar-refractivity contribution < 1.29 is 9.90 Å². The van der Waals surface area contributed by atoms with Crippen molar-refractivity contribution in [3.63, 3.8) is 0 Å². The first kappa shape index (κ1) is 13.5. The second-order valence-corrected chi connectivity index (χ2v) is 5.58. The van der Waals surface area contributed by atoms with Crippen LogP contribution >= 0.6 is 0 Å². The van der Waals surface area contributed by atoms with E-state index in [0.717, 1.165) is 10.8 Å². The fourth-order valence-corrected chi connectivity index (χ4v) is 2.93. The van der Waals surface area contributed by atoms with Gasteiger partial charge in [-0.2, -0.15) is 0 Å². The number of hydrogen-bond donors (Lipinski definition) is 1. The summed E-state index contributed by atoms with van der Waals surface area (Å²) in [6.07, 6.45) is 12.0. The zero-order valence-corrected chi connectivity index (χ0v) is 12.4. The highest BCUT2D eigenvalue weighted by Crippen LogP contribution is 2.21. The molecule has 0 heterocycles. The number of rotatable bonds is 1. The van der Waals surface area contributed by atoms with Crippen LogP contribution in [0.4, 0.5) is 0 Å². The Bertz CT molecular complexity index is 1020. The molecular weight excluding hydrogens is 284 g/mol. The van der Waals surface area contributed by atoms with Crippen LogP contribution in [-0.2, 0) is 0 Å². The maximum absolute atomic E-state index is 12.7. The third-order valence-corrected chi connectivity index (χ3v) is 4.13. The third-order valence-electron chi connectivity index (χ3n) is 4.13. The first-order valence-corrected chi connectivity index (χ1v) is 7.48. The molecule has 2 aromatic rings. The van der Waals surface area contributed by atoms with Crippen molar-refractivity contribution in [3.8, 4) is 0 Å². The third kappa shape index (κ3) is 2.25. The standard InChI is InChI=1S/C21H14O2/c22-20-16-7-3-4-8-17(16)21(23)19-13-15(11-12-18(19)20)10-9-14-5-1-2-6-14/h1-13,22H. The minimum absolute atomic E-state index is 0.0445. The molecule has 0 amide bonds. The summed E-state index contributed by atoms with van der Waals surface area (Å²) >= 11 is 0. The lowest BCUT2D eigenvalue weighted by molar-refractivity contribution is 0.103. The quantitative estimate of drug-likeness (QED) is 0.879. The molecule has 2 heteroatoms. The highest BCUT2D eigenvalue weighted by Gasteiger charge is 2.22. The van der Waals surface area contributed by atoms with Gasteiger partial charge in [0.25, 0.3) is 0 Å². The average Bonchev–Trinajstić information content (AvgIpc) is 3.11. The van der Waals surface area contributed by atoms with E-state index >= 15 is 0 Å². The molecule has 2 nitrogen and oxygen atoms in total. The molecule has 0 radical (unpaired) electrons. The van der Waals surface area contributed by atoms with Crippen LogP contribution in [0, 0.1) is 0 Å². The fraction of sp³-hybridized carbons (Fsp3) is 0. The number of ketones is 1. The minimum atomic E-state index is -0.0445. The van der Waals surface area contributed by atoms with Crippen molar-refractivity contribution in [1.82, 2.24) is 0 Å². The van der Waals surface area contributed by atoms with Gasteiger partial charge in [0.05, 0.1) is 0 Å². The minimum Gasteiger partial charge on any atom is -0.507 e. The van der Waals surface area contributed by atoms with Gasteiger partial charge < -0.3 is 5.11 Å². The van der Waals surface area contributed by atoms with Crippen molar-refractivity contribution in [2.75, 3.05) is 0 Å². The van der Waals surface area contributed by atoms with Crippen LogP contribution in [0.1, 0.15) is 21.5 Å². The molecule has 0 saturated heterocycles. The molecule has 0 saturated carbocycles. The van der Waals surface area contributed by atoms with Gasteiger partial charge in [0, 0.05) is 21.9 Å². The van der Waals surface area contributed by atoms with Crippen molar-refractivity contribution in [1.29, 1.82) is 0 Å². The predicted molar refractivity (Wildman–Crippen MR) is 91.5 cm³/mol. The lowest BCUT2D eigenvalue weighted by Crippen LogP contribution is -2.27. The van der Waals surface area contributed by atoms with Gasteiger partial charge in [-0.3, -0.25) is 4.79 Å². The van der Waals surface area contributed by atoms with E-state index in [2.05, 4.69) is 0 Å². The average molecular weight is 298 g/mol. The normalized spacial score (nSPS) is 15.8. The Kier molecular flexibility index (Phi) is 3.09. The molecule has 0 aromatic heterocycles. The molecule has 23 heavy (non-hydrogen) atoms. The van der Waals surface area contributed by atoms with Gasteiger partial charge in [-0.25, -0.2) is 0 Å². The molecule has 0 unspecified atom stereocenters.